The molecular formula is C13H26N2. The first-order valence-electron chi connectivity index (χ1n) is 6.67. The molecule has 0 aromatic carbocycles. The van der Waals surface area contributed by atoms with Crippen molar-refractivity contribution in [2.24, 2.45) is 11.8 Å². The van der Waals surface area contributed by atoms with Gasteiger partial charge in [0.15, 0.2) is 0 Å². The minimum Gasteiger partial charge on any atom is -0.313 e. The van der Waals surface area contributed by atoms with Gasteiger partial charge in [-0.25, -0.2) is 0 Å². The first-order chi connectivity index (χ1) is 7.25. The van der Waals surface area contributed by atoms with Gasteiger partial charge in [0.25, 0.3) is 0 Å². The van der Waals surface area contributed by atoms with Crippen LogP contribution in [0.1, 0.15) is 39.0 Å². The molecule has 88 valence electrons. The predicted octanol–water partition coefficient (Wildman–Crippen LogP) is 2.11. The molecule has 15 heavy (non-hydrogen) atoms. The standard InChI is InChI=1S/C13H26N2/c1-11-9-12(11)10-15(2)8-7-14-13-5-3-4-6-13/h11-14H,3-10H2,1-2H3. The van der Waals surface area contributed by atoms with Crippen LogP contribution in [0, 0.1) is 11.8 Å². The smallest absolute Gasteiger partial charge is 0.0104 e. The van der Waals surface area contributed by atoms with Crippen molar-refractivity contribution in [3.05, 3.63) is 0 Å². The van der Waals surface area contributed by atoms with E-state index in [1.165, 1.54) is 51.7 Å². The summed E-state index contributed by atoms with van der Waals surface area (Å²) in [6.07, 6.45) is 7.15. The predicted molar refractivity (Wildman–Crippen MR) is 65.0 cm³/mol. The molecule has 0 saturated heterocycles. The summed E-state index contributed by atoms with van der Waals surface area (Å²) in [6, 6.07) is 0.832. The number of rotatable bonds is 6. The lowest BCUT2D eigenvalue weighted by Crippen LogP contribution is -2.35. The first-order valence-corrected chi connectivity index (χ1v) is 6.67. The van der Waals surface area contributed by atoms with E-state index in [0.29, 0.717) is 0 Å². The zero-order valence-electron chi connectivity index (χ0n) is 10.3. The number of nitrogens with one attached hydrogen (secondary N) is 1. The van der Waals surface area contributed by atoms with E-state index in [1.807, 2.05) is 0 Å². The van der Waals surface area contributed by atoms with Gasteiger partial charge in [-0.1, -0.05) is 19.8 Å². The zero-order valence-corrected chi connectivity index (χ0v) is 10.3. The second kappa shape index (κ2) is 5.31. The van der Waals surface area contributed by atoms with Crippen LogP contribution in [0.2, 0.25) is 0 Å². The van der Waals surface area contributed by atoms with Crippen LogP contribution in [-0.2, 0) is 0 Å². The highest BCUT2D eigenvalue weighted by molar-refractivity contribution is 4.84. The Morgan fingerprint density at radius 1 is 1.27 bits per heavy atom. The van der Waals surface area contributed by atoms with Crippen molar-refractivity contribution in [1.82, 2.24) is 10.2 Å². The molecule has 0 spiro atoms. The molecule has 2 unspecified atom stereocenters. The van der Waals surface area contributed by atoms with Crippen molar-refractivity contribution in [1.29, 1.82) is 0 Å². The Kier molecular flexibility index (Phi) is 4.04. The van der Waals surface area contributed by atoms with Crippen molar-refractivity contribution in [3.8, 4) is 0 Å². The van der Waals surface area contributed by atoms with Gasteiger partial charge in [-0.05, 0) is 38.1 Å². The van der Waals surface area contributed by atoms with Crippen LogP contribution in [0.3, 0.4) is 0 Å². The number of likely N-dealkylation sites (N-methyl/N-ethyl adjacent to an activating group) is 1. The molecule has 2 saturated carbocycles. The molecule has 0 heterocycles. The van der Waals surface area contributed by atoms with Gasteiger partial charge in [-0.3, -0.25) is 0 Å². The summed E-state index contributed by atoms with van der Waals surface area (Å²) in [6.45, 7) is 6.09. The van der Waals surface area contributed by atoms with Crippen LogP contribution in [0.25, 0.3) is 0 Å². The Hall–Kier alpha value is -0.0800. The Balaban J connectivity index is 1.49. The van der Waals surface area contributed by atoms with Crippen molar-refractivity contribution < 1.29 is 0 Å². The molecule has 0 aromatic heterocycles. The van der Waals surface area contributed by atoms with E-state index in [4.69, 9.17) is 0 Å². The molecule has 2 heteroatoms. The molecule has 0 amide bonds. The lowest BCUT2D eigenvalue weighted by Gasteiger charge is -2.18. The number of hydrogen-bond donors (Lipinski definition) is 1. The normalized spacial score (nSPS) is 31.4. The van der Waals surface area contributed by atoms with Crippen LogP contribution < -0.4 is 5.32 Å². The average molecular weight is 210 g/mol. The third-order valence-corrected chi connectivity index (χ3v) is 4.10. The molecule has 2 rings (SSSR count). The quantitative estimate of drug-likeness (QED) is 0.722. The zero-order chi connectivity index (χ0) is 10.7. The maximum absolute atomic E-state index is 3.68. The summed E-state index contributed by atoms with van der Waals surface area (Å²) >= 11 is 0. The van der Waals surface area contributed by atoms with E-state index >= 15 is 0 Å². The van der Waals surface area contributed by atoms with Gasteiger partial charge in [0, 0.05) is 25.7 Å². The molecule has 2 fully saturated rings. The first kappa shape index (κ1) is 11.4. The summed E-state index contributed by atoms with van der Waals surface area (Å²) in [5, 5.41) is 3.68. The highest BCUT2D eigenvalue weighted by Crippen LogP contribution is 2.37. The third kappa shape index (κ3) is 3.76. The van der Waals surface area contributed by atoms with Gasteiger partial charge < -0.3 is 10.2 Å². The minimum absolute atomic E-state index is 0.832. The summed E-state index contributed by atoms with van der Waals surface area (Å²) in [4.78, 5) is 2.50. The van der Waals surface area contributed by atoms with Gasteiger partial charge >= 0.3 is 0 Å². The molecule has 2 atom stereocenters. The van der Waals surface area contributed by atoms with Gasteiger partial charge in [0.2, 0.25) is 0 Å². The monoisotopic (exact) mass is 210 g/mol. The van der Waals surface area contributed by atoms with Crippen LogP contribution in [0.4, 0.5) is 0 Å². The van der Waals surface area contributed by atoms with Gasteiger partial charge in [0.1, 0.15) is 0 Å². The lowest BCUT2D eigenvalue weighted by atomic mass is 10.2. The minimum atomic E-state index is 0.832. The highest BCUT2D eigenvalue weighted by Gasteiger charge is 2.32. The Morgan fingerprint density at radius 2 is 1.93 bits per heavy atom. The molecular weight excluding hydrogens is 184 g/mol. The van der Waals surface area contributed by atoms with E-state index in [2.05, 4.69) is 24.2 Å². The fourth-order valence-electron chi connectivity index (χ4n) is 2.73. The number of nitrogens with zero attached hydrogens (tertiary/aromatic N) is 1. The molecule has 2 aliphatic rings. The fourth-order valence-corrected chi connectivity index (χ4v) is 2.73. The number of hydrogen-bond acceptors (Lipinski definition) is 2. The van der Waals surface area contributed by atoms with Crippen molar-refractivity contribution in [2.45, 2.75) is 45.1 Å². The molecule has 2 aliphatic carbocycles. The van der Waals surface area contributed by atoms with E-state index in [9.17, 15) is 0 Å². The second-order valence-corrected chi connectivity index (χ2v) is 5.67. The van der Waals surface area contributed by atoms with E-state index in [1.54, 1.807) is 0 Å². The molecule has 0 radical (unpaired) electrons. The van der Waals surface area contributed by atoms with Gasteiger partial charge in [0.05, 0.1) is 0 Å². The highest BCUT2D eigenvalue weighted by atomic mass is 15.1. The van der Waals surface area contributed by atoms with Gasteiger partial charge in [-0.15, -0.1) is 0 Å². The largest absolute Gasteiger partial charge is 0.313 e. The van der Waals surface area contributed by atoms with Crippen LogP contribution in [0.15, 0.2) is 0 Å². The Bertz CT molecular complexity index is 187. The van der Waals surface area contributed by atoms with E-state index in [-0.39, 0.29) is 0 Å². The molecule has 2 nitrogen and oxygen atoms in total. The third-order valence-electron chi connectivity index (χ3n) is 4.10. The van der Waals surface area contributed by atoms with Crippen LogP contribution >= 0.6 is 0 Å². The lowest BCUT2D eigenvalue weighted by molar-refractivity contribution is 0.306. The van der Waals surface area contributed by atoms with Crippen LogP contribution in [-0.4, -0.2) is 37.6 Å². The van der Waals surface area contributed by atoms with Crippen LogP contribution in [0.5, 0.6) is 0 Å². The Morgan fingerprint density at radius 3 is 2.53 bits per heavy atom. The summed E-state index contributed by atoms with van der Waals surface area (Å²) in [5.41, 5.74) is 0. The maximum Gasteiger partial charge on any atom is 0.0104 e. The van der Waals surface area contributed by atoms with E-state index < -0.39 is 0 Å². The molecule has 0 aliphatic heterocycles. The topological polar surface area (TPSA) is 15.3 Å². The Labute approximate surface area is 94.4 Å². The van der Waals surface area contributed by atoms with Crippen molar-refractivity contribution in [2.75, 3.05) is 26.7 Å². The fraction of sp³-hybridized carbons (Fsp3) is 1.00. The van der Waals surface area contributed by atoms with Crippen molar-refractivity contribution in [3.63, 3.8) is 0 Å². The molecule has 0 bridgehead atoms. The average Bonchev–Trinajstić information content (AvgIpc) is 2.68. The summed E-state index contributed by atoms with van der Waals surface area (Å²) < 4.78 is 0. The van der Waals surface area contributed by atoms with E-state index in [0.717, 1.165) is 17.9 Å². The summed E-state index contributed by atoms with van der Waals surface area (Å²) in [5.74, 6) is 2.00. The van der Waals surface area contributed by atoms with Crippen molar-refractivity contribution >= 4 is 0 Å². The second-order valence-electron chi connectivity index (χ2n) is 5.67. The van der Waals surface area contributed by atoms with Gasteiger partial charge in [-0.2, -0.15) is 0 Å². The SMILES string of the molecule is CC1CC1CN(C)CCNC1CCCC1. The molecule has 0 aromatic rings. The summed E-state index contributed by atoms with van der Waals surface area (Å²) in [7, 11) is 2.27. The molecule has 1 N–H and O–H groups in total. The maximum atomic E-state index is 3.68.